The van der Waals surface area contributed by atoms with Crippen LogP contribution in [-0.2, 0) is 4.74 Å². The molecule has 3 aliphatic rings. The van der Waals surface area contributed by atoms with Crippen LogP contribution < -0.4 is 5.32 Å². The number of hydrogen-bond acceptors (Lipinski definition) is 3. The minimum absolute atomic E-state index is 0.0267. The molecule has 122 valence electrons. The Labute approximate surface area is 126 Å². The van der Waals surface area contributed by atoms with Gasteiger partial charge < -0.3 is 10.1 Å². The van der Waals surface area contributed by atoms with E-state index >= 15 is 0 Å². The number of alkyl halides is 2. The summed E-state index contributed by atoms with van der Waals surface area (Å²) in [4.78, 5) is 2.63. The van der Waals surface area contributed by atoms with Gasteiger partial charge in [-0.05, 0) is 57.2 Å². The number of hydrogen-bond donors (Lipinski definition) is 1. The molecule has 1 N–H and O–H groups in total. The lowest BCUT2D eigenvalue weighted by molar-refractivity contribution is -0.130. The molecule has 1 aliphatic carbocycles. The molecule has 2 saturated heterocycles. The molecule has 0 bridgehead atoms. The van der Waals surface area contributed by atoms with E-state index in [1.807, 2.05) is 0 Å². The number of ether oxygens (including phenoxy) is 1. The van der Waals surface area contributed by atoms with E-state index in [-0.39, 0.29) is 18.8 Å². The minimum Gasteiger partial charge on any atom is -0.381 e. The van der Waals surface area contributed by atoms with Crippen molar-refractivity contribution >= 4 is 0 Å². The summed E-state index contributed by atoms with van der Waals surface area (Å²) in [5, 5.41) is 3.42. The zero-order valence-electron chi connectivity index (χ0n) is 12.8. The molecule has 0 aromatic heterocycles. The van der Waals surface area contributed by atoms with Gasteiger partial charge in [0.2, 0.25) is 5.92 Å². The van der Waals surface area contributed by atoms with Crippen LogP contribution in [0.5, 0.6) is 0 Å². The lowest BCUT2D eigenvalue weighted by atomic mass is 9.82. The Bertz CT molecular complexity index is 326. The molecule has 1 atom stereocenters. The van der Waals surface area contributed by atoms with Gasteiger partial charge in [-0.2, -0.15) is 0 Å². The Kier molecular flexibility index (Phi) is 5.12. The molecule has 2 aliphatic heterocycles. The first-order valence-electron chi connectivity index (χ1n) is 8.53. The first kappa shape index (κ1) is 15.6. The Morgan fingerprint density at radius 1 is 1.05 bits per heavy atom. The molecule has 3 rings (SSSR count). The van der Waals surface area contributed by atoms with Gasteiger partial charge in [0.15, 0.2) is 0 Å². The van der Waals surface area contributed by atoms with Crippen molar-refractivity contribution in [3.63, 3.8) is 0 Å². The molecule has 2 heterocycles. The van der Waals surface area contributed by atoms with Gasteiger partial charge in [0.1, 0.15) is 0 Å². The Morgan fingerprint density at radius 3 is 2.48 bits per heavy atom. The quantitative estimate of drug-likeness (QED) is 0.844. The van der Waals surface area contributed by atoms with Crippen LogP contribution in [0.1, 0.15) is 38.5 Å². The number of likely N-dealkylation sites (tertiary alicyclic amines) is 1. The van der Waals surface area contributed by atoms with Crippen LogP contribution in [-0.4, -0.2) is 56.3 Å². The standard InChI is InChI=1S/C16H28F2N2O/c17-16(18)8-14(9-16)12-21-11-13-2-1-7-20(10-13)15-3-5-19-6-4-15/h13-15,19H,1-12H2. The second kappa shape index (κ2) is 6.88. The van der Waals surface area contributed by atoms with Crippen molar-refractivity contribution in [3.8, 4) is 0 Å². The van der Waals surface area contributed by atoms with Crippen LogP contribution in [0.15, 0.2) is 0 Å². The van der Waals surface area contributed by atoms with Crippen molar-refractivity contribution in [1.29, 1.82) is 0 Å². The molecule has 0 spiro atoms. The van der Waals surface area contributed by atoms with Crippen molar-refractivity contribution in [2.75, 3.05) is 39.4 Å². The van der Waals surface area contributed by atoms with Crippen LogP contribution in [0.25, 0.3) is 0 Å². The lowest BCUT2D eigenvalue weighted by Gasteiger charge is -2.40. The van der Waals surface area contributed by atoms with Crippen molar-refractivity contribution in [1.82, 2.24) is 10.2 Å². The van der Waals surface area contributed by atoms with Crippen molar-refractivity contribution < 1.29 is 13.5 Å². The fraction of sp³-hybridized carbons (Fsp3) is 1.00. The highest BCUT2D eigenvalue weighted by atomic mass is 19.3. The van der Waals surface area contributed by atoms with Crippen LogP contribution in [0.4, 0.5) is 8.78 Å². The summed E-state index contributed by atoms with van der Waals surface area (Å²) in [6.07, 6.45) is 5.04. The first-order chi connectivity index (χ1) is 10.1. The maximum absolute atomic E-state index is 12.8. The van der Waals surface area contributed by atoms with Crippen molar-refractivity contribution in [2.24, 2.45) is 11.8 Å². The molecule has 0 aromatic carbocycles. The first-order valence-corrected chi connectivity index (χ1v) is 8.53. The van der Waals surface area contributed by atoms with Gasteiger partial charge in [-0.15, -0.1) is 0 Å². The van der Waals surface area contributed by atoms with Crippen LogP contribution in [0.3, 0.4) is 0 Å². The summed E-state index contributed by atoms with van der Waals surface area (Å²) in [5.41, 5.74) is 0. The smallest absolute Gasteiger partial charge is 0.248 e. The Morgan fingerprint density at radius 2 is 1.76 bits per heavy atom. The maximum Gasteiger partial charge on any atom is 0.248 e. The Balaban J connectivity index is 1.34. The zero-order chi connectivity index (χ0) is 14.7. The monoisotopic (exact) mass is 302 g/mol. The normalized spacial score (nSPS) is 32.0. The van der Waals surface area contributed by atoms with E-state index in [1.165, 1.54) is 32.2 Å². The third-order valence-corrected chi connectivity index (χ3v) is 5.26. The topological polar surface area (TPSA) is 24.5 Å². The van der Waals surface area contributed by atoms with Gasteiger partial charge in [0.05, 0.1) is 6.61 Å². The van der Waals surface area contributed by atoms with Gasteiger partial charge in [0.25, 0.3) is 0 Å². The largest absolute Gasteiger partial charge is 0.381 e. The second-order valence-corrected chi connectivity index (χ2v) is 7.15. The van der Waals surface area contributed by atoms with Gasteiger partial charge in [0, 0.05) is 32.0 Å². The van der Waals surface area contributed by atoms with E-state index < -0.39 is 5.92 Å². The van der Waals surface area contributed by atoms with Crippen LogP contribution in [0.2, 0.25) is 0 Å². The Hall–Kier alpha value is -0.260. The number of rotatable bonds is 5. The van der Waals surface area contributed by atoms with Gasteiger partial charge >= 0.3 is 0 Å². The van der Waals surface area contributed by atoms with E-state index in [4.69, 9.17) is 4.74 Å². The highest BCUT2D eigenvalue weighted by Gasteiger charge is 2.45. The fourth-order valence-electron chi connectivity index (χ4n) is 4.04. The van der Waals surface area contributed by atoms with Crippen molar-refractivity contribution in [2.45, 2.75) is 50.5 Å². The zero-order valence-corrected chi connectivity index (χ0v) is 12.8. The highest BCUT2D eigenvalue weighted by molar-refractivity contribution is 4.86. The molecule has 21 heavy (non-hydrogen) atoms. The van der Waals surface area contributed by atoms with Crippen LogP contribution in [0, 0.1) is 11.8 Å². The molecule has 1 unspecified atom stereocenters. The third-order valence-electron chi connectivity index (χ3n) is 5.26. The van der Waals surface area contributed by atoms with E-state index in [2.05, 4.69) is 10.2 Å². The SMILES string of the molecule is FC1(F)CC(COCC2CCCN(C3CCNCC3)C2)C1. The molecule has 3 nitrogen and oxygen atoms in total. The molecule has 1 saturated carbocycles. The summed E-state index contributed by atoms with van der Waals surface area (Å²) in [6.45, 7) is 5.90. The van der Waals surface area contributed by atoms with Gasteiger partial charge in [-0.3, -0.25) is 4.90 Å². The molecule has 5 heteroatoms. The predicted octanol–water partition coefficient (Wildman–Crippen LogP) is 2.51. The summed E-state index contributed by atoms with van der Waals surface area (Å²) < 4.78 is 31.3. The molecule has 3 fully saturated rings. The van der Waals surface area contributed by atoms with Crippen LogP contribution >= 0.6 is 0 Å². The number of nitrogens with zero attached hydrogens (tertiary/aromatic N) is 1. The lowest BCUT2D eigenvalue weighted by Crippen LogP contribution is -2.48. The average molecular weight is 302 g/mol. The maximum atomic E-state index is 12.8. The third kappa shape index (κ3) is 4.36. The highest BCUT2D eigenvalue weighted by Crippen LogP contribution is 2.42. The number of nitrogens with one attached hydrogen (secondary N) is 1. The van der Waals surface area contributed by atoms with Gasteiger partial charge in [-0.1, -0.05) is 0 Å². The molecule has 0 amide bonds. The molecule has 0 aromatic rings. The average Bonchev–Trinajstić information content (AvgIpc) is 2.47. The van der Waals surface area contributed by atoms with E-state index in [0.717, 1.165) is 32.3 Å². The fourth-order valence-corrected chi connectivity index (χ4v) is 4.04. The molecule has 0 radical (unpaired) electrons. The van der Waals surface area contributed by atoms with E-state index in [0.29, 0.717) is 12.5 Å². The molecular formula is C16H28F2N2O. The van der Waals surface area contributed by atoms with E-state index in [9.17, 15) is 8.78 Å². The number of halogens is 2. The van der Waals surface area contributed by atoms with Crippen molar-refractivity contribution in [3.05, 3.63) is 0 Å². The predicted molar refractivity (Wildman–Crippen MR) is 78.7 cm³/mol. The summed E-state index contributed by atoms with van der Waals surface area (Å²) in [5.74, 6) is -1.73. The minimum atomic E-state index is -2.41. The summed E-state index contributed by atoms with van der Waals surface area (Å²) >= 11 is 0. The van der Waals surface area contributed by atoms with E-state index in [1.54, 1.807) is 0 Å². The summed E-state index contributed by atoms with van der Waals surface area (Å²) in [7, 11) is 0. The second-order valence-electron chi connectivity index (χ2n) is 7.15. The summed E-state index contributed by atoms with van der Waals surface area (Å²) in [6, 6.07) is 0.736. The molecular weight excluding hydrogens is 274 g/mol. The number of piperidine rings is 2. The van der Waals surface area contributed by atoms with Gasteiger partial charge in [-0.25, -0.2) is 8.78 Å².